The summed E-state index contributed by atoms with van der Waals surface area (Å²) in [5.74, 6) is 0.778. The minimum absolute atomic E-state index is 0.335. The molecule has 1 amide bonds. The molecule has 1 aliphatic heterocycles. The third kappa shape index (κ3) is 8.61. The van der Waals surface area contributed by atoms with Crippen LogP contribution in [0.5, 0.6) is 0 Å². The molecular weight excluding hydrogens is 556 g/mol. The Labute approximate surface area is 267 Å². The van der Waals surface area contributed by atoms with E-state index in [0.717, 1.165) is 54.1 Å². The fourth-order valence-corrected chi connectivity index (χ4v) is 6.31. The Bertz CT molecular complexity index is 1650. The van der Waals surface area contributed by atoms with Crippen molar-refractivity contribution in [1.82, 2.24) is 14.9 Å². The summed E-state index contributed by atoms with van der Waals surface area (Å²) in [5.41, 5.74) is 7.95. The van der Waals surface area contributed by atoms with Gasteiger partial charge in [0.05, 0.1) is 17.8 Å². The average Bonchev–Trinajstić information content (AvgIpc) is 3.36. The van der Waals surface area contributed by atoms with E-state index in [9.17, 15) is 4.79 Å². The van der Waals surface area contributed by atoms with Crippen LogP contribution in [-0.2, 0) is 11.3 Å². The Morgan fingerprint density at radius 2 is 1.87 bits per heavy atom. The number of unbranched alkanes of at least 4 members (excludes halogenated alkanes) is 1. The summed E-state index contributed by atoms with van der Waals surface area (Å²) in [5, 5.41) is 1.24. The van der Waals surface area contributed by atoms with Crippen molar-refractivity contribution >= 4 is 33.9 Å². The molecule has 4 aromatic rings. The molecule has 6 nitrogen and oxygen atoms in total. The molecule has 2 atom stereocenters. The fourth-order valence-electron chi connectivity index (χ4n) is 6.31. The van der Waals surface area contributed by atoms with E-state index in [0.29, 0.717) is 12.6 Å². The van der Waals surface area contributed by atoms with Crippen LogP contribution in [0.15, 0.2) is 109 Å². The number of hydrogen-bond donors (Lipinski definition) is 0. The Hall–Kier alpha value is -4.42. The molecule has 2 unspecified atom stereocenters. The van der Waals surface area contributed by atoms with E-state index >= 15 is 0 Å². The van der Waals surface area contributed by atoms with Crippen molar-refractivity contribution in [3.8, 4) is 0 Å². The van der Waals surface area contributed by atoms with Gasteiger partial charge in [0, 0.05) is 54.2 Å². The highest BCUT2D eigenvalue weighted by molar-refractivity contribution is 6.25. The van der Waals surface area contributed by atoms with E-state index in [1.807, 2.05) is 25.1 Å². The molecule has 0 N–H and O–H groups in total. The van der Waals surface area contributed by atoms with Crippen molar-refractivity contribution in [3.63, 3.8) is 0 Å². The first-order valence-corrected chi connectivity index (χ1v) is 16.2. The Morgan fingerprint density at radius 3 is 2.62 bits per heavy atom. The minimum Gasteiger partial charge on any atom is -0.448 e. The molecule has 2 aromatic carbocycles. The number of likely N-dealkylation sites (tertiary alicyclic amines) is 1. The number of amides is 1. The predicted octanol–water partition coefficient (Wildman–Crippen LogP) is 9.19. The summed E-state index contributed by atoms with van der Waals surface area (Å²) in [6, 6.07) is 25.9. The Morgan fingerprint density at radius 1 is 1.04 bits per heavy atom. The molecule has 1 fully saturated rings. The maximum absolute atomic E-state index is 11.6. The maximum atomic E-state index is 11.6. The molecule has 2 aliphatic rings. The van der Waals surface area contributed by atoms with Crippen molar-refractivity contribution in [2.45, 2.75) is 65.5 Å². The molecule has 6 rings (SSSR count). The predicted molar refractivity (Wildman–Crippen MR) is 185 cm³/mol. The minimum atomic E-state index is -0.526. The van der Waals surface area contributed by atoms with Crippen LogP contribution in [0.1, 0.15) is 69.6 Å². The Balaban J connectivity index is 0.000000184. The lowest BCUT2D eigenvalue weighted by atomic mass is 9.87. The highest BCUT2D eigenvalue weighted by atomic mass is 16.5. The highest BCUT2D eigenvalue weighted by Gasteiger charge is 2.35. The molecule has 0 radical (unpaired) electrons. The lowest BCUT2D eigenvalue weighted by molar-refractivity contribution is 0.163. The molecule has 232 valence electrons. The van der Waals surface area contributed by atoms with E-state index in [1.54, 1.807) is 19.3 Å². The van der Waals surface area contributed by atoms with Gasteiger partial charge in [-0.1, -0.05) is 80.1 Å². The highest BCUT2D eigenvalue weighted by Crippen LogP contribution is 2.39. The topological polar surface area (TPSA) is 67.7 Å². The smallest absolute Gasteiger partial charge is 0.433 e. The molecule has 45 heavy (non-hydrogen) atoms. The molecule has 1 aliphatic carbocycles. The number of benzene rings is 2. The zero-order chi connectivity index (χ0) is 31.4. The summed E-state index contributed by atoms with van der Waals surface area (Å²) in [4.78, 5) is 27.1. The second-order valence-electron chi connectivity index (χ2n) is 11.7. The number of hydrogen-bond acceptors (Lipinski definition) is 5. The first kappa shape index (κ1) is 32.0. The largest absolute Gasteiger partial charge is 0.448 e. The second-order valence-corrected chi connectivity index (χ2v) is 11.7. The van der Waals surface area contributed by atoms with Gasteiger partial charge in [0.1, 0.15) is 0 Å². The van der Waals surface area contributed by atoms with Crippen LogP contribution in [0.4, 0.5) is 4.79 Å². The molecule has 0 spiro atoms. The standard InChI is InChI=1S/C23H22N2.C16H22N2O2/c1-2-6-17(7-3-1)15-25-16-18-10-20(13-22(25)11-18)21-12-19-8-4-5-9-23(19)24-14-21;1-4-7-10-15(18-16(19)20-6-3)14(5-2)13-9-8-11-17-12-13/h1-9,12-14,18,22H,10-11,15-16H2;5,8-9,11-12H,4,6-7,10H2,1-3H3/b;14-5-,18-15?. The maximum Gasteiger partial charge on any atom is 0.433 e. The van der Waals surface area contributed by atoms with Gasteiger partial charge in [0.25, 0.3) is 0 Å². The first-order chi connectivity index (χ1) is 22.1. The van der Waals surface area contributed by atoms with Crippen molar-refractivity contribution < 1.29 is 9.53 Å². The number of nitrogens with zero attached hydrogens (tertiary/aromatic N) is 4. The Kier molecular flexibility index (Phi) is 11.4. The SMILES string of the molecule is C/C=C(\C(CCCC)=NC(=O)OCC)c1cccnc1.C1=C(c2cnc3ccccc3c2)CC2CC1N(Cc1ccccc1)C2. The van der Waals surface area contributed by atoms with Crippen LogP contribution < -0.4 is 0 Å². The van der Waals surface area contributed by atoms with Gasteiger partial charge < -0.3 is 4.74 Å². The summed E-state index contributed by atoms with van der Waals surface area (Å²) in [7, 11) is 0. The number of carbonyl (C=O) groups excluding carboxylic acids is 1. The number of fused-ring (bicyclic) bond motifs is 3. The molecule has 2 aromatic heterocycles. The van der Waals surface area contributed by atoms with Crippen LogP contribution in [-0.4, -0.2) is 45.9 Å². The molecule has 1 saturated heterocycles. The summed E-state index contributed by atoms with van der Waals surface area (Å²) >= 11 is 0. The van der Waals surface area contributed by atoms with Gasteiger partial charge >= 0.3 is 6.09 Å². The number of pyridine rings is 2. The first-order valence-electron chi connectivity index (χ1n) is 16.2. The number of carbonyl (C=O) groups is 1. The lowest BCUT2D eigenvalue weighted by Gasteiger charge is -2.23. The normalized spacial score (nSPS) is 18.2. The number of rotatable bonds is 9. The third-order valence-corrected chi connectivity index (χ3v) is 8.46. The van der Waals surface area contributed by atoms with E-state index in [4.69, 9.17) is 4.74 Å². The van der Waals surface area contributed by atoms with Crippen molar-refractivity contribution in [3.05, 3.63) is 120 Å². The average molecular weight is 601 g/mol. The van der Waals surface area contributed by atoms with Gasteiger partial charge in [-0.2, -0.15) is 4.99 Å². The quantitative estimate of drug-likeness (QED) is 0.179. The van der Waals surface area contributed by atoms with Crippen molar-refractivity contribution in [2.75, 3.05) is 13.2 Å². The van der Waals surface area contributed by atoms with Crippen molar-refractivity contribution in [2.24, 2.45) is 10.9 Å². The second kappa shape index (κ2) is 16.1. The summed E-state index contributed by atoms with van der Waals surface area (Å²) < 4.78 is 4.91. The van der Waals surface area contributed by atoms with E-state index in [2.05, 4.69) is 99.7 Å². The zero-order valence-corrected chi connectivity index (χ0v) is 26.7. The molecule has 3 heterocycles. The lowest BCUT2D eigenvalue weighted by Crippen LogP contribution is -2.27. The number of ether oxygens (including phenoxy) is 1. The van der Waals surface area contributed by atoms with Gasteiger partial charge in [0.15, 0.2) is 0 Å². The van der Waals surface area contributed by atoms with Crippen LogP contribution in [0.2, 0.25) is 0 Å². The van der Waals surface area contributed by atoms with Crippen LogP contribution >= 0.6 is 0 Å². The number of allylic oxidation sites excluding steroid dienone is 3. The summed E-state index contributed by atoms with van der Waals surface area (Å²) in [6.45, 7) is 8.43. The monoisotopic (exact) mass is 600 g/mol. The van der Waals surface area contributed by atoms with Gasteiger partial charge in [-0.3, -0.25) is 14.9 Å². The fraction of sp³-hybridized carbons (Fsp3) is 0.333. The van der Waals surface area contributed by atoms with E-state index in [-0.39, 0.29) is 0 Å². The van der Waals surface area contributed by atoms with Gasteiger partial charge in [0.2, 0.25) is 0 Å². The van der Waals surface area contributed by atoms with Crippen LogP contribution in [0, 0.1) is 5.92 Å². The zero-order valence-electron chi connectivity index (χ0n) is 26.7. The van der Waals surface area contributed by atoms with Gasteiger partial charge in [-0.15, -0.1) is 0 Å². The molecule has 0 saturated carbocycles. The number of aliphatic imine (C=N–C) groups is 1. The number of para-hydroxylation sites is 1. The molecule has 2 bridgehead atoms. The van der Waals surface area contributed by atoms with Crippen LogP contribution in [0.3, 0.4) is 0 Å². The molecule has 6 heteroatoms. The van der Waals surface area contributed by atoms with Gasteiger partial charge in [-0.05, 0) is 80.3 Å². The summed E-state index contributed by atoms with van der Waals surface area (Å²) in [6.07, 6.45) is 14.8. The van der Waals surface area contributed by atoms with E-state index < -0.39 is 6.09 Å². The molecular formula is C39H44N4O2. The van der Waals surface area contributed by atoms with Gasteiger partial charge in [-0.25, -0.2) is 4.79 Å². The van der Waals surface area contributed by atoms with E-state index in [1.165, 1.54) is 41.5 Å². The van der Waals surface area contributed by atoms with Crippen LogP contribution in [0.25, 0.3) is 22.0 Å². The third-order valence-electron chi connectivity index (χ3n) is 8.46. The number of aromatic nitrogens is 2. The van der Waals surface area contributed by atoms with Crippen molar-refractivity contribution in [1.29, 1.82) is 0 Å².